The zero-order valence-corrected chi connectivity index (χ0v) is 15.1. The van der Waals surface area contributed by atoms with E-state index in [2.05, 4.69) is 26.8 Å². The molecule has 0 unspecified atom stereocenters. The summed E-state index contributed by atoms with van der Waals surface area (Å²) in [6.45, 7) is 0.502. The van der Waals surface area contributed by atoms with E-state index < -0.39 is 0 Å². The normalized spacial score (nSPS) is 12.4. The number of H-pyrrole nitrogens is 1. The Kier molecular flexibility index (Phi) is 6.96. The molecule has 1 aliphatic carbocycles. The van der Waals surface area contributed by atoms with E-state index in [0.717, 1.165) is 48.1 Å². The molecule has 26 heavy (non-hydrogen) atoms. The maximum atomic E-state index is 12.0. The van der Waals surface area contributed by atoms with Gasteiger partial charge < -0.3 is 5.32 Å². The first-order valence-electron chi connectivity index (χ1n) is 8.34. The molecule has 1 amide bonds. The lowest BCUT2D eigenvalue weighted by molar-refractivity contribution is -0.115. The van der Waals surface area contributed by atoms with Crippen LogP contribution in [-0.4, -0.2) is 29.2 Å². The SMILES string of the molecule is C#CCNCC(=O)Nc1cccc(-c2n[nH]c(=O)c3c2CCCC3)c1.Cl. The molecule has 7 heteroatoms. The van der Waals surface area contributed by atoms with Gasteiger partial charge in [0.1, 0.15) is 0 Å². The Morgan fingerprint density at radius 1 is 1.27 bits per heavy atom. The molecule has 2 aromatic rings. The molecule has 0 spiro atoms. The first-order valence-corrected chi connectivity index (χ1v) is 8.34. The Hall–Kier alpha value is -2.62. The van der Waals surface area contributed by atoms with Gasteiger partial charge in [0.15, 0.2) is 0 Å². The molecule has 1 aromatic carbocycles. The molecule has 3 N–H and O–H groups in total. The van der Waals surface area contributed by atoms with E-state index in [1.54, 1.807) is 0 Å². The number of hydrogen-bond donors (Lipinski definition) is 3. The van der Waals surface area contributed by atoms with E-state index in [9.17, 15) is 9.59 Å². The number of nitrogens with one attached hydrogen (secondary N) is 3. The second-order valence-corrected chi connectivity index (χ2v) is 6.00. The fourth-order valence-electron chi connectivity index (χ4n) is 3.10. The van der Waals surface area contributed by atoms with E-state index >= 15 is 0 Å². The number of carbonyl (C=O) groups is 1. The Labute approximate surface area is 158 Å². The smallest absolute Gasteiger partial charge is 0.267 e. The topological polar surface area (TPSA) is 86.9 Å². The van der Waals surface area contributed by atoms with Gasteiger partial charge in [-0.15, -0.1) is 18.8 Å². The van der Waals surface area contributed by atoms with E-state index in [1.807, 2.05) is 24.3 Å². The van der Waals surface area contributed by atoms with Crippen molar-refractivity contribution >= 4 is 24.0 Å². The zero-order valence-electron chi connectivity index (χ0n) is 14.3. The summed E-state index contributed by atoms with van der Waals surface area (Å²) in [6.07, 6.45) is 8.87. The molecule has 0 atom stereocenters. The van der Waals surface area contributed by atoms with Gasteiger partial charge in [-0.3, -0.25) is 14.9 Å². The minimum Gasteiger partial charge on any atom is -0.325 e. The summed E-state index contributed by atoms with van der Waals surface area (Å²) in [5.41, 5.74) is 4.11. The van der Waals surface area contributed by atoms with Crippen LogP contribution in [0.2, 0.25) is 0 Å². The Morgan fingerprint density at radius 2 is 2.04 bits per heavy atom. The number of aromatic nitrogens is 2. The Balaban J connectivity index is 0.00000243. The van der Waals surface area contributed by atoms with Crippen molar-refractivity contribution in [2.45, 2.75) is 25.7 Å². The number of carbonyl (C=O) groups excluding carboxylic acids is 1. The molecule has 0 radical (unpaired) electrons. The summed E-state index contributed by atoms with van der Waals surface area (Å²) in [4.78, 5) is 23.9. The molecule has 1 aliphatic rings. The first kappa shape index (κ1) is 19.7. The number of nitrogens with zero attached hydrogens (tertiary/aromatic N) is 1. The Bertz CT molecular complexity index is 886. The number of amides is 1. The maximum Gasteiger partial charge on any atom is 0.267 e. The number of fused-ring (bicyclic) bond motifs is 1. The molecule has 3 rings (SSSR count). The third-order valence-corrected chi connectivity index (χ3v) is 4.23. The minimum atomic E-state index is -0.163. The Morgan fingerprint density at radius 3 is 2.81 bits per heavy atom. The summed E-state index contributed by atoms with van der Waals surface area (Å²) in [5.74, 6) is 2.26. The summed E-state index contributed by atoms with van der Waals surface area (Å²) in [6, 6.07) is 7.49. The lowest BCUT2D eigenvalue weighted by Gasteiger charge is -2.17. The van der Waals surface area contributed by atoms with Crippen LogP contribution in [0.25, 0.3) is 11.3 Å². The fourth-order valence-corrected chi connectivity index (χ4v) is 3.10. The maximum absolute atomic E-state index is 12.0. The lowest BCUT2D eigenvalue weighted by Crippen LogP contribution is -2.28. The highest BCUT2D eigenvalue weighted by Crippen LogP contribution is 2.28. The van der Waals surface area contributed by atoms with Crippen LogP contribution in [0.3, 0.4) is 0 Å². The highest BCUT2D eigenvalue weighted by atomic mass is 35.5. The molecule has 0 saturated carbocycles. The number of terminal acetylenes is 1. The zero-order chi connectivity index (χ0) is 17.6. The van der Waals surface area contributed by atoms with Gasteiger partial charge in [0, 0.05) is 16.8 Å². The third kappa shape index (κ3) is 4.51. The number of anilines is 1. The van der Waals surface area contributed by atoms with Crippen LogP contribution in [-0.2, 0) is 17.6 Å². The summed E-state index contributed by atoms with van der Waals surface area (Å²) in [5, 5.41) is 12.5. The highest BCUT2D eigenvalue weighted by Gasteiger charge is 2.19. The van der Waals surface area contributed by atoms with E-state index in [0.29, 0.717) is 12.2 Å². The number of benzene rings is 1. The summed E-state index contributed by atoms with van der Waals surface area (Å²) >= 11 is 0. The van der Waals surface area contributed by atoms with Crippen LogP contribution in [0, 0.1) is 12.3 Å². The van der Waals surface area contributed by atoms with Crippen molar-refractivity contribution in [2.24, 2.45) is 0 Å². The van der Waals surface area contributed by atoms with Crippen molar-refractivity contribution < 1.29 is 4.79 Å². The molecule has 136 valence electrons. The highest BCUT2D eigenvalue weighted by molar-refractivity contribution is 5.93. The molecule has 1 aromatic heterocycles. The predicted molar refractivity (Wildman–Crippen MR) is 105 cm³/mol. The van der Waals surface area contributed by atoms with Crippen molar-refractivity contribution in [3.63, 3.8) is 0 Å². The lowest BCUT2D eigenvalue weighted by atomic mass is 9.90. The van der Waals surface area contributed by atoms with Crippen LogP contribution in [0.15, 0.2) is 29.1 Å². The third-order valence-electron chi connectivity index (χ3n) is 4.23. The van der Waals surface area contributed by atoms with Crippen LogP contribution in [0.4, 0.5) is 5.69 Å². The van der Waals surface area contributed by atoms with Gasteiger partial charge in [-0.25, -0.2) is 5.10 Å². The van der Waals surface area contributed by atoms with Crippen LogP contribution >= 0.6 is 12.4 Å². The molecule has 1 heterocycles. The molecular weight excluding hydrogens is 352 g/mol. The standard InChI is InChI=1S/C19H20N4O2.ClH/c1-2-10-20-12-17(24)21-14-7-5-6-13(11-14)18-15-8-3-4-9-16(15)19(25)23-22-18;/h1,5-7,11,20H,3-4,8-10,12H2,(H,21,24)(H,23,25);1H. The number of rotatable bonds is 5. The molecular formula is C19H21ClN4O2. The van der Waals surface area contributed by atoms with Gasteiger partial charge in [-0.05, 0) is 43.4 Å². The van der Waals surface area contributed by atoms with Crippen molar-refractivity contribution in [3.05, 3.63) is 45.7 Å². The largest absolute Gasteiger partial charge is 0.325 e. The first-order chi connectivity index (χ1) is 12.2. The minimum absolute atomic E-state index is 0. The van der Waals surface area contributed by atoms with Gasteiger partial charge in [0.2, 0.25) is 5.91 Å². The van der Waals surface area contributed by atoms with Gasteiger partial charge in [-0.1, -0.05) is 18.1 Å². The van der Waals surface area contributed by atoms with E-state index in [-0.39, 0.29) is 30.4 Å². The second-order valence-electron chi connectivity index (χ2n) is 6.00. The van der Waals surface area contributed by atoms with E-state index in [4.69, 9.17) is 6.42 Å². The van der Waals surface area contributed by atoms with Gasteiger partial charge in [-0.2, -0.15) is 5.10 Å². The molecule has 0 saturated heterocycles. The van der Waals surface area contributed by atoms with Gasteiger partial charge >= 0.3 is 0 Å². The summed E-state index contributed by atoms with van der Waals surface area (Å²) in [7, 11) is 0. The predicted octanol–water partition coefficient (Wildman–Crippen LogP) is 1.90. The second kappa shape index (κ2) is 9.18. The average molecular weight is 373 g/mol. The summed E-state index contributed by atoms with van der Waals surface area (Å²) < 4.78 is 0. The van der Waals surface area contributed by atoms with Crippen LogP contribution in [0.1, 0.15) is 24.0 Å². The van der Waals surface area contributed by atoms with E-state index in [1.165, 1.54) is 0 Å². The monoisotopic (exact) mass is 372 g/mol. The van der Waals surface area contributed by atoms with Crippen molar-refractivity contribution in [3.8, 4) is 23.6 Å². The average Bonchev–Trinajstić information content (AvgIpc) is 2.63. The molecule has 0 aliphatic heterocycles. The van der Waals surface area contributed by atoms with Crippen molar-refractivity contribution in [1.29, 1.82) is 0 Å². The quantitative estimate of drug-likeness (QED) is 0.552. The molecule has 0 bridgehead atoms. The molecule has 0 fully saturated rings. The van der Waals surface area contributed by atoms with Gasteiger partial charge in [0.05, 0.1) is 18.8 Å². The van der Waals surface area contributed by atoms with Gasteiger partial charge in [0.25, 0.3) is 5.56 Å². The van der Waals surface area contributed by atoms with Crippen molar-refractivity contribution in [2.75, 3.05) is 18.4 Å². The fraction of sp³-hybridized carbons (Fsp3) is 0.316. The molecule has 6 nitrogen and oxygen atoms in total. The number of halogens is 1. The van der Waals surface area contributed by atoms with Crippen LogP contribution < -0.4 is 16.2 Å². The van der Waals surface area contributed by atoms with Crippen molar-refractivity contribution in [1.82, 2.24) is 15.5 Å². The number of hydrogen-bond acceptors (Lipinski definition) is 4. The number of aromatic amines is 1. The van der Waals surface area contributed by atoms with Crippen LogP contribution in [0.5, 0.6) is 0 Å².